The van der Waals surface area contributed by atoms with Gasteiger partial charge in [-0.1, -0.05) is 12.2 Å². The number of carbonyl (C=O) groups is 3. The lowest BCUT2D eigenvalue weighted by atomic mass is 9.82. The van der Waals surface area contributed by atoms with Gasteiger partial charge in [-0.25, -0.2) is 5.48 Å². The van der Waals surface area contributed by atoms with Crippen LogP contribution in [0.2, 0.25) is 0 Å². The van der Waals surface area contributed by atoms with Crippen molar-refractivity contribution in [1.82, 2.24) is 10.8 Å². The molecular formula is C12H14N2O5. The van der Waals surface area contributed by atoms with Crippen LogP contribution in [0.1, 0.15) is 6.42 Å². The molecule has 2 bridgehead atoms. The van der Waals surface area contributed by atoms with Gasteiger partial charge >= 0.3 is 5.97 Å². The Morgan fingerprint density at radius 2 is 2.00 bits per heavy atom. The van der Waals surface area contributed by atoms with Gasteiger partial charge in [0.1, 0.15) is 12.6 Å². The Morgan fingerprint density at radius 1 is 1.32 bits per heavy atom. The Hall–Kier alpha value is -1.89. The first-order chi connectivity index (χ1) is 9.08. The number of rotatable bonds is 3. The fourth-order valence-electron chi connectivity index (χ4n) is 3.23. The summed E-state index contributed by atoms with van der Waals surface area (Å²) in [7, 11) is 0. The average molecular weight is 266 g/mol. The van der Waals surface area contributed by atoms with Crippen LogP contribution in [0.5, 0.6) is 0 Å². The van der Waals surface area contributed by atoms with Crippen molar-refractivity contribution in [2.45, 2.75) is 12.5 Å². The molecule has 102 valence electrons. The molecule has 2 aliphatic carbocycles. The monoisotopic (exact) mass is 266 g/mol. The van der Waals surface area contributed by atoms with E-state index in [1.165, 1.54) is 0 Å². The smallest absolute Gasteiger partial charge is 0.307 e. The molecule has 3 aliphatic rings. The van der Waals surface area contributed by atoms with E-state index < -0.39 is 29.8 Å². The number of amides is 2. The highest BCUT2D eigenvalue weighted by molar-refractivity contribution is 5.91. The van der Waals surface area contributed by atoms with Gasteiger partial charge in [0.25, 0.3) is 5.91 Å². The molecule has 1 aliphatic heterocycles. The molecule has 0 aromatic heterocycles. The first kappa shape index (κ1) is 12.2. The van der Waals surface area contributed by atoms with Crippen molar-refractivity contribution >= 4 is 17.8 Å². The molecule has 0 radical (unpaired) electrons. The zero-order valence-electron chi connectivity index (χ0n) is 10.0. The molecule has 0 aromatic rings. The summed E-state index contributed by atoms with van der Waals surface area (Å²) in [6.45, 7) is 0.0684. The van der Waals surface area contributed by atoms with Crippen LogP contribution in [0.3, 0.4) is 0 Å². The second-order valence-corrected chi connectivity index (χ2v) is 5.18. The molecule has 7 nitrogen and oxygen atoms in total. The quantitative estimate of drug-likeness (QED) is 0.572. The largest absolute Gasteiger partial charge is 0.481 e. The van der Waals surface area contributed by atoms with Gasteiger partial charge in [-0.3, -0.25) is 19.2 Å². The maximum atomic E-state index is 12.2. The zero-order chi connectivity index (χ0) is 13.6. The van der Waals surface area contributed by atoms with E-state index in [0.717, 1.165) is 0 Å². The Labute approximate surface area is 108 Å². The van der Waals surface area contributed by atoms with Gasteiger partial charge in [0.05, 0.1) is 11.8 Å². The average Bonchev–Trinajstić information content (AvgIpc) is 3.04. The fraction of sp³-hybridized carbons (Fsp3) is 0.583. The predicted molar refractivity (Wildman–Crippen MR) is 61.4 cm³/mol. The summed E-state index contributed by atoms with van der Waals surface area (Å²) in [6, 6.07) is -0.731. The summed E-state index contributed by atoms with van der Waals surface area (Å²) in [5.41, 5.74) is 2.15. The third-order valence-corrected chi connectivity index (χ3v) is 4.10. The SMILES string of the molecule is O=C(O)[C@@H]1C2C=CC(C2)[C@@H]1C(=O)N[C@@H]1CONC1=O. The van der Waals surface area contributed by atoms with Crippen LogP contribution >= 0.6 is 0 Å². The van der Waals surface area contributed by atoms with Gasteiger partial charge in [-0.2, -0.15) is 0 Å². The zero-order valence-corrected chi connectivity index (χ0v) is 10.0. The second kappa shape index (κ2) is 4.34. The first-order valence-electron chi connectivity index (χ1n) is 6.21. The molecule has 0 spiro atoms. The lowest BCUT2D eigenvalue weighted by Crippen LogP contribution is -2.47. The number of carboxylic acids is 1. The van der Waals surface area contributed by atoms with Crippen LogP contribution in [0.25, 0.3) is 0 Å². The predicted octanol–water partition coefficient (Wildman–Crippen LogP) is -0.944. The highest BCUT2D eigenvalue weighted by atomic mass is 16.7. The lowest BCUT2D eigenvalue weighted by Gasteiger charge is -2.24. The summed E-state index contributed by atoms with van der Waals surface area (Å²) in [4.78, 5) is 39.5. The molecule has 1 heterocycles. The van der Waals surface area contributed by atoms with Crippen molar-refractivity contribution in [3.8, 4) is 0 Å². The number of allylic oxidation sites excluding steroid dienone is 2. The first-order valence-corrected chi connectivity index (χ1v) is 6.21. The van der Waals surface area contributed by atoms with E-state index in [-0.39, 0.29) is 24.3 Å². The fourth-order valence-corrected chi connectivity index (χ4v) is 3.23. The minimum Gasteiger partial charge on any atom is -0.481 e. The van der Waals surface area contributed by atoms with Gasteiger partial charge in [0.15, 0.2) is 0 Å². The maximum absolute atomic E-state index is 12.2. The lowest BCUT2D eigenvalue weighted by molar-refractivity contribution is -0.148. The number of carbonyl (C=O) groups excluding carboxylic acids is 2. The third kappa shape index (κ3) is 1.90. The normalized spacial score (nSPS) is 39.4. The number of hydrogen-bond acceptors (Lipinski definition) is 4. The van der Waals surface area contributed by atoms with Crippen molar-refractivity contribution in [3.63, 3.8) is 0 Å². The molecule has 7 heteroatoms. The van der Waals surface area contributed by atoms with Crippen LogP contribution < -0.4 is 10.8 Å². The standard InChI is InChI=1S/C12H14N2O5/c15-10-7(4-19-14-10)13-11(16)8-5-1-2-6(3-5)9(8)12(17)18/h1-2,5-9H,3-4H2,(H,13,16)(H,14,15)(H,17,18)/t5?,6?,7-,8+,9-/m1/s1. The van der Waals surface area contributed by atoms with E-state index in [9.17, 15) is 19.5 Å². The van der Waals surface area contributed by atoms with Crippen LogP contribution in [-0.2, 0) is 19.2 Å². The molecule has 5 atom stereocenters. The minimum absolute atomic E-state index is 0.0449. The number of carboxylic acid groups (broad SMARTS) is 1. The highest BCUT2D eigenvalue weighted by Crippen LogP contribution is 2.48. The summed E-state index contributed by atoms with van der Waals surface area (Å²) in [6.07, 6.45) is 4.47. The Morgan fingerprint density at radius 3 is 2.58 bits per heavy atom. The summed E-state index contributed by atoms with van der Waals surface area (Å²) >= 11 is 0. The number of hydrogen-bond donors (Lipinski definition) is 3. The van der Waals surface area contributed by atoms with E-state index in [1.807, 2.05) is 12.2 Å². The molecule has 0 aromatic carbocycles. The van der Waals surface area contributed by atoms with Crippen LogP contribution in [0.4, 0.5) is 0 Å². The maximum Gasteiger partial charge on any atom is 0.307 e. The van der Waals surface area contributed by atoms with E-state index in [4.69, 9.17) is 4.84 Å². The number of fused-ring (bicyclic) bond motifs is 2. The van der Waals surface area contributed by atoms with Crippen LogP contribution in [-0.4, -0.2) is 35.5 Å². The van der Waals surface area contributed by atoms with Crippen LogP contribution in [0.15, 0.2) is 12.2 Å². The molecule has 1 saturated carbocycles. The van der Waals surface area contributed by atoms with Crippen molar-refractivity contribution in [2.24, 2.45) is 23.7 Å². The van der Waals surface area contributed by atoms with Crippen molar-refractivity contribution in [2.75, 3.05) is 6.61 Å². The van der Waals surface area contributed by atoms with Crippen molar-refractivity contribution in [3.05, 3.63) is 12.2 Å². The van der Waals surface area contributed by atoms with Crippen molar-refractivity contribution in [1.29, 1.82) is 0 Å². The molecule has 19 heavy (non-hydrogen) atoms. The van der Waals surface area contributed by atoms with E-state index in [0.29, 0.717) is 6.42 Å². The van der Waals surface area contributed by atoms with Gasteiger partial charge in [0, 0.05) is 0 Å². The molecule has 2 unspecified atom stereocenters. The highest BCUT2D eigenvalue weighted by Gasteiger charge is 2.52. The number of hydroxylamine groups is 1. The molecule has 2 fully saturated rings. The van der Waals surface area contributed by atoms with Gasteiger partial charge in [0.2, 0.25) is 5.91 Å². The van der Waals surface area contributed by atoms with E-state index in [1.54, 1.807) is 0 Å². The minimum atomic E-state index is -0.955. The van der Waals surface area contributed by atoms with Crippen molar-refractivity contribution < 1.29 is 24.3 Å². The summed E-state index contributed by atoms with van der Waals surface area (Å²) in [5.74, 6) is -3.15. The Balaban J connectivity index is 1.73. The summed E-state index contributed by atoms with van der Waals surface area (Å²) < 4.78 is 0. The molecule has 1 saturated heterocycles. The van der Waals surface area contributed by atoms with Crippen LogP contribution in [0, 0.1) is 23.7 Å². The molecule has 2 amide bonds. The molecule has 3 N–H and O–H groups in total. The Kier molecular flexibility index (Phi) is 2.78. The Bertz CT molecular complexity index is 475. The number of aliphatic carboxylic acids is 1. The van der Waals surface area contributed by atoms with Gasteiger partial charge in [-0.05, 0) is 18.3 Å². The second-order valence-electron chi connectivity index (χ2n) is 5.18. The van der Waals surface area contributed by atoms with Gasteiger partial charge in [-0.15, -0.1) is 0 Å². The topological polar surface area (TPSA) is 105 Å². The van der Waals surface area contributed by atoms with Gasteiger partial charge < -0.3 is 10.4 Å². The van der Waals surface area contributed by atoms with E-state index >= 15 is 0 Å². The summed E-state index contributed by atoms with van der Waals surface area (Å²) in [5, 5.41) is 11.8. The number of nitrogens with one attached hydrogen (secondary N) is 2. The third-order valence-electron chi connectivity index (χ3n) is 4.10. The van der Waals surface area contributed by atoms with E-state index in [2.05, 4.69) is 10.8 Å². The molecule has 3 rings (SSSR count). The molecular weight excluding hydrogens is 252 g/mol.